The molecule has 0 N–H and O–H groups in total. The molecule has 0 atom stereocenters. The number of allylic oxidation sites excluding steroid dienone is 4. The van der Waals surface area contributed by atoms with Crippen LogP contribution in [0.25, 0.3) is 94.0 Å². The van der Waals surface area contributed by atoms with Gasteiger partial charge in [-0.15, -0.1) is 0 Å². The maximum absolute atomic E-state index is 5.03. The van der Waals surface area contributed by atoms with Crippen LogP contribution in [-0.2, 0) is 6.42 Å². The van der Waals surface area contributed by atoms with Gasteiger partial charge in [0, 0.05) is 22.3 Å². The minimum atomic E-state index is 0.615. The first kappa shape index (κ1) is 32.1. The van der Waals surface area contributed by atoms with Crippen LogP contribution in [0.15, 0.2) is 187 Å². The molecule has 3 heteroatoms. The van der Waals surface area contributed by atoms with Crippen LogP contribution in [0.5, 0.6) is 0 Å². The molecule has 56 heavy (non-hydrogen) atoms. The molecule has 1 aromatic heterocycles. The predicted molar refractivity (Wildman–Crippen MR) is 231 cm³/mol. The van der Waals surface area contributed by atoms with Crippen molar-refractivity contribution < 1.29 is 0 Å². The summed E-state index contributed by atoms with van der Waals surface area (Å²) in [5.41, 5.74) is 20.1. The fraction of sp³-hybridized carbons (Fsp3) is 0.0377. The smallest absolute Gasteiger partial charge is 0.164 e. The Bertz CT molecular complexity index is 3210. The first-order chi connectivity index (χ1) is 27.6. The van der Waals surface area contributed by atoms with Crippen molar-refractivity contribution in [2.24, 2.45) is 0 Å². The van der Waals surface area contributed by atoms with Crippen LogP contribution in [0.4, 0.5) is 0 Å². The molecule has 0 spiro atoms. The SMILES string of the molecule is CC1=C=C=CC(c2nc(-c3ccccc3)nc(-c3cccc(-c4cccc5c4-c4cc(-c6ccc7c8ccccc8c8ccccc8c7c6)ccc4C5)c3)n2)=C1. The van der Waals surface area contributed by atoms with Crippen LogP contribution in [0, 0.1) is 0 Å². The Kier molecular flexibility index (Phi) is 7.37. The van der Waals surface area contributed by atoms with E-state index in [-0.39, 0.29) is 0 Å². The van der Waals surface area contributed by atoms with Gasteiger partial charge in [-0.25, -0.2) is 15.0 Å². The zero-order chi connectivity index (χ0) is 37.2. The summed E-state index contributed by atoms with van der Waals surface area (Å²) >= 11 is 0. The lowest BCUT2D eigenvalue weighted by atomic mass is 9.90. The van der Waals surface area contributed by atoms with E-state index in [9.17, 15) is 0 Å². The van der Waals surface area contributed by atoms with Gasteiger partial charge in [0.1, 0.15) is 0 Å². The van der Waals surface area contributed by atoms with E-state index >= 15 is 0 Å². The van der Waals surface area contributed by atoms with Gasteiger partial charge >= 0.3 is 0 Å². The van der Waals surface area contributed by atoms with Crippen LogP contribution in [0.3, 0.4) is 0 Å². The highest BCUT2D eigenvalue weighted by atomic mass is 15.0. The van der Waals surface area contributed by atoms with E-state index in [1.165, 1.54) is 71.3 Å². The summed E-state index contributed by atoms with van der Waals surface area (Å²) in [5, 5.41) is 7.73. The second kappa shape index (κ2) is 12.9. The van der Waals surface area contributed by atoms with E-state index in [1.807, 2.05) is 49.4 Å². The molecule has 9 aromatic rings. The van der Waals surface area contributed by atoms with Gasteiger partial charge in [0.15, 0.2) is 17.5 Å². The molecule has 0 amide bonds. The van der Waals surface area contributed by atoms with Gasteiger partial charge in [-0.1, -0.05) is 151 Å². The van der Waals surface area contributed by atoms with Crippen molar-refractivity contribution in [3.63, 3.8) is 0 Å². The monoisotopic (exact) mass is 711 g/mol. The number of nitrogens with zero attached hydrogens (tertiary/aromatic N) is 3. The van der Waals surface area contributed by atoms with Gasteiger partial charge in [0.2, 0.25) is 0 Å². The van der Waals surface area contributed by atoms with E-state index in [0.29, 0.717) is 17.5 Å². The normalized spacial score (nSPS) is 12.9. The van der Waals surface area contributed by atoms with Crippen LogP contribution in [0.1, 0.15) is 23.9 Å². The van der Waals surface area contributed by atoms with Crippen molar-refractivity contribution in [3.8, 4) is 56.2 Å². The zero-order valence-electron chi connectivity index (χ0n) is 30.7. The lowest BCUT2D eigenvalue weighted by molar-refractivity contribution is 1.04. The highest BCUT2D eigenvalue weighted by molar-refractivity contribution is 6.25. The summed E-state index contributed by atoms with van der Waals surface area (Å²) in [6.07, 6.45) is 4.84. The van der Waals surface area contributed by atoms with E-state index in [0.717, 1.165) is 34.3 Å². The molecule has 8 aromatic carbocycles. The number of fused-ring (bicyclic) bond motifs is 9. The predicted octanol–water partition coefficient (Wildman–Crippen LogP) is 13.2. The molecule has 260 valence electrons. The molecule has 2 aliphatic rings. The minimum Gasteiger partial charge on any atom is -0.208 e. The third-order valence-electron chi connectivity index (χ3n) is 11.2. The standard InChI is InChI=1S/C53H33N3/c1-33-12-9-17-40(28-33)52-54-51(34-13-3-2-4-14-34)55-53(56-52)41-18-10-15-37(30-41)42-23-11-16-39-29-38-25-24-35(31-48(38)50(39)42)36-26-27-47-45-21-6-5-19-43(45)44-20-7-8-22-46(44)49(47)32-36/h2-8,10-11,13-28,30-32H,29H2,1H3. The Morgan fingerprint density at radius 2 is 1.04 bits per heavy atom. The molecule has 0 unspecified atom stereocenters. The first-order valence-electron chi connectivity index (χ1n) is 19.1. The summed E-state index contributed by atoms with van der Waals surface area (Å²) in [6.45, 7) is 2.01. The average Bonchev–Trinajstić information content (AvgIpc) is 3.65. The maximum atomic E-state index is 5.03. The highest BCUT2D eigenvalue weighted by Gasteiger charge is 2.23. The second-order valence-corrected chi connectivity index (χ2v) is 14.7. The quantitative estimate of drug-likeness (QED) is 0.132. The first-order valence-corrected chi connectivity index (χ1v) is 19.1. The van der Waals surface area contributed by atoms with Crippen LogP contribution in [-0.4, -0.2) is 15.0 Å². The van der Waals surface area contributed by atoms with Crippen molar-refractivity contribution in [1.29, 1.82) is 0 Å². The topological polar surface area (TPSA) is 38.7 Å². The van der Waals surface area contributed by atoms with E-state index in [2.05, 4.69) is 139 Å². The summed E-state index contributed by atoms with van der Waals surface area (Å²) in [6, 6.07) is 57.0. The number of rotatable bonds is 5. The zero-order valence-corrected chi connectivity index (χ0v) is 30.7. The second-order valence-electron chi connectivity index (χ2n) is 14.7. The Labute approximate surface area is 325 Å². The molecule has 3 nitrogen and oxygen atoms in total. The molecule has 0 fully saturated rings. The number of hydrogen-bond donors (Lipinski definition) is 0. The van der Waals surface area contributed by atoms with Gasteiger partial charge in [0.05, 0.1) is 0 Å². The summed E-state index contributed by atoms with van der Waals surface area (Å²) in [7, 11) is 0. The summed E-state index contributed by atoms with van der Waals surface area (Å²) < 4.78 is 0. The third kappa shape index (κ3) is 5.35. The minimum absolute atomic E-state index is 0.615. The molecular weight excluding hydrogens is 679 g/mol. The molecule has 0 saturated heterocycles. The van der Waals surface area contributed by atoms with Crippen molar-refractivity contribution in [2.75, 3.05) is 0 Å². The lowest BCUT2D eigenvalue weighted by Gasteiger charge is -2.14. The van der Waals surface area contributed by atoms with Crippen LogP contribution < -0.4 is 0 Å². The fourth-order valence-corrected chi connectivity index (χ4v) is 8.59. The Morgan fingerprint density at radius 1 is 0.429 bits per heavy atom. The van der Waals surface area contributed by atoms with Gasteiger partial charge in [-0.3, -0.25) is 0 Å². The number of hydrogen-bond acceptors (Lipinski definition) is 3. The molecule has 0 bridgehead atoms. The van der Waals surface area contributed by atoms with Gasteiger partial charge in [0.25, 0.3) is 0 Å². The van der Waals surface area contributed by atoms with Crippen LogP contribution in [0.2, 0.25) is 0 Å². The van der Waals surface area contributed by atoms with Gasteiger partial charge in [-0.05, 0) is 121 Å². The van der Waals surface area contributed by atoms with Gasteiger partial charge < -0.3 is 0 Å². The number of benzene rings is 8. The summed E-state index contributed by atoms with van der Waals surface area (Å²) in [5.74, 6) is 1.89. The fourth-order valence-electron chi connectivity index (χ4n) is 8.59. The molecule has 0 aliphatic heterocycles. The maximum Gasteiger partial charge on any atom is 0.164 e. The van der Waals surface area contributed by atoms with Crippen molar-refractivity contribution in [2.45, 2.75) is 13.3 Å². The van der Waals surface area contributed by atoms with E-state index in [4.69, 9.17) is 15.0 Å². The highest BCUT2D eigenvalue weighted by Crippen LogP contribution is 2.45. The third-order valence-corrected chi connectivity index (χ3v) is 11.2. The van der Waals surface area contributed by atoms with Crippen LogP contribution >= 0.6 is 0 Å². The van der Waals surface area contributed by atoms with Crippen molar-refractivity contribution in [3.05, 3.63) is 204 Å². The molecular formula is C53H33N3. The molecule has 0 radical (unpaired) electrons. The van der Waals surface area contributed by atoms with Crippen molar-refractivity contribution in [1.82, 2.24) is 15.0 Å². The Morgan fingerprint density at radius 3 is 1.80 bits per heavy atom. The largest absolute Gasteiger partial charge is 0.208 e. The molecule has 1 heterocycles. The lowest BCUT2D eigenvalue weighted by Crippen LogP contribution is -2.02. The Hall–Kier alpha value is -7.41. The number of aromatic nitrogens is 3. The van der Waals surface area contributed by atoms with E-state index in [1.54, 1.807) is 0 Å². The average molecular weight is 712 g/mol. The van der Waals surface area contributed by atoms with Gasteiger partial charge in [-0.2, -0.15) is 0 Å². The molecule has 11 rings (SSSR count). The Balaban J connectivity index is 1.02. The van der Waals surface area contributed by atoms with E-state index < -0.39 is 0 Å². The molecule has 0 saturated carbocycles. The summed E-state index contributed by atoms with van der Waals surface area (Å²) in [4.78, 5) is 15.0. The molecule has 2 aliphatic carbocycles. The van der Waals surface area contributed by atoms with Crippen molar-refractivity contribution >= 4 is 37.9 Å².